The van der Waals surface area contributed by atoms with Crippen LogP contribution in [0.4, 0.5) is 10.5 Å². The number of benzene rings is 1. The van der Waals surface area contributed by atoms with Crippen LogP contribution in [-0.2, 0) is 4.74 Å². The Bertz CT molecular complexity index is 496. The van der Waals surface area contributed by atoms with Crippen LogP contribution in [0.15, 0.2) is 24.3 Å². The predicted octanol–water partition coefficient (Wildman–Crippen LogP) is 1.28. The molecule has 20 heavy (non-hydrogen) atoms. The zero-order valence-electron chi connectivity index (χ0n) is 11.3. The highest BCUT2D eigenvalue weighted by Gasteiger charge is 2.16. The summed E-state index contributed by atoms with van der Waals surface area (Å²) in [6.07, 6.45) is 0.468. The first-order chi connectivity index (χ1) is 9.79. The summed E-state index contributed by atoms with van der Waals surface area (Å²) >= 11 is 0. The molecule has 1 aromatic rings. The van der Waals surface area contributed by atoms with Gasteiger partial charge < -0.3 is 20.1 Å². The summed E-state index contributed by atoms with van der Waals surface area (Å²) in [5.41, 5.74) is 1.61. The molecule has 0 aromatic heterocycles. The van der Waals surface area contributed by atoms with Gasteiger partial charge in [-0.25, -0.2) is 4.79 Å². The Labute approximate surface area is 118 Å². The fourth-order valence-corrected chi connectivity index (χ4v) is 1.83. The molecule has 1 heterocycles. The van der Waals surface area contributed by atoms with Crippen molar-refractivity contribution in [1.29, 1.82) is 0 Å². The maximum absolute atomic E-state index is 12.0. The van der Waals surface area contributed by atoms with Gasteiger partial charge in [-0.15, -0.1) is 0 Å². The van der Waals surface area contributed by atoms with Crippen molar-refractivity contribution in [3.05, 3.63) is 29.8 Å². The summed E-state index contributed by atoms with van der Waals surface area (Å²) in [6.45, 7) is 2.49. The van der Waals surface area contributed by atoms with E-state index < -0.39 is 0 Å². The number of hydrogen-bond acceptors (Lipinski definition) is 3. The number of carbonyl (C=O) groups is 1. The molecule has 0 radical (unpaired) electrons. The molecule has 1 aliphatic heterocycles. The highest BCUT2D eigenvalue weighted by atomic mass is 16.5. The molecular formula is C15H18N2O3. The van der Waals surface area contributed by atoms with E-state index in [9.17, 15) is 4.79 Å². The molecule has 1 saturated heterocycles. The second-order valence-electron chi connectivity index (χ2n) is 4.38. The van der Waals surface area contributed by atoms with Gasteiger partial charge in [0.25, 0.3) is 0 Å². The van der Waals surface area contributed by atoms with Gasteiger partial charge in [-0.05, 0) is 24.3 Å². The topological polar surface area (TPSA) is 61.8 Å². The monoisotopic (exact) mass is 274 g/mol. The number of aliphatic hydroxyl groups excluding tert-OH is 1. The molecule has 2 rings (SSSR count). The fraction of sp³-hybridized carbons (Fsp3) is 0.400. The van der Waals surface area contributed by atoms with E-state index in [-0.39, 0.29) is 12.6 Å². The molecule has 0 saturated carbocycles. The average Bonchev–Trinajstić information content (AvgIpc) is 2.50. The molecule has 0 bridgehead atoms. The molecule has 1 fully saturated rings. The number of amides is 2. The number of aliphatic hydroxyl groups is 1. The Hall–Kier alpha value is -2.03. The lowest BCUT2D eigenvalue weighted by Gasteiger charge is -2.26. The van der Waals surface area contributed by atoms with Gasteiger partial charge in [0, 0.05) is 30.8 Å². The normalized spacial score (nSPS) is 14.3. The van der Waals surface area contributed by atoms with Gasteiger partial charge >= 0.3 is 6.03 Å². The minimum Gasteiger partial charge on any atom is -0.395 e. The van der Waals surface area contributed by atoms with E-state index in [2.05, 4.69) is 17.2 Å². The van der Waals surface area contributed by atoms with E-state index in [0.29, 0.717) is 32.7 Å². The van der Waals surface area contributed by atoms with Gasteiger partial charge in [0.1, 0.15) is 0 Å². The number of ether oxygens (including phenoxy) is 1. The van der Waals surface area contributed by atoms with Crippen LogP contribution in [0.5, 0.6) is 0 Å². The van der Waals surface area contributed by atoms with Gasteiger partial charge in [0.15, 0.2) is 0 Å². The number of anilines is 1. The molecule has 5 heteroatoms. The Morgan fingerprint density at radius 2 is 2.00 bits per heavy atom. The Morgan fingerprint density at radius 3 is 2.65 bits per heavy atom. The molecule has 2 amide bonds. The SMILES string of the molecule is O=C(Nc1ccc(C#CCCO)cc1)N1CCOCC1. The minimum atomic E-state index is -0.104. The Kier molecular flexibility index (Phi) is 5.42. The lowest BCUT2D eigenvalue weighted by Crippen LogP contribution is -2.43. The Balaban J connectivity index is 1.90. The second-order valence-corrected chi connectivity index (χ2v) is 4.38. The van der Waals surface area contributed by atoms with Gasteiger partial charge in [0.05, 0.1) is 19.8 Å². The van der Waals surface area contributed by atoms with Crippen molar-refractivity contribution in [2.75, 3.05) is 38.2 Å². The third-order valence-corrected chi connectivity index (χ3v) is 2.90. The quantitative estimate of drug-likeness (QED) is 0.799. The van der Waals surface area contributed by atoms with Gasteiger partial charge in [-0.1, -0.05) is 11.8 Å². The number of morpholine rings is 1. The van der Waals surface area contributed by atoms with Gasteiger partial charge in [-0.3, -0.25) is 0 Å². The third-order valence-electron chi connectivity index (χ3n) is 2.90. The molecule has 106 valence electrons. The van der Waals surface area contributed by atoms with E-state index >= 15 is 0 Å². The molecule has 0 spiro atoms. The van der Waals surface area contributed by atoms with Crippen LogP contribution < -0.4 is 5.32 Å². The summed E-state index contributed by atoms with van der Waals surface area (Å²) in [5, 5.41) is 11.5. The first-order valence-corrected chi connectivity index (χ1v) is 6.63. The lowest BCUT2D eigenvalue weighted by atomic mass is 10.2. The number of carbonyl (C=O) groups excluding carboxylic acids is 1. The summed E-state index contributed by atoms with van der Waals surface area (Å²) in [7, 11) is 0. The minimum absolute atomic E-state index is 0.0701. The second kappa shape index (κ2) is 7.53. The highest BCUT2D eigenvalue weighted by Crippen LogP contribution is 2.10. The number of nitrogens with one attached hydrogen (secondary N) is 1. The maximum atomic E-state index is 12.0. The standard InChI is InChI=1S/C15H18N2O3/c18-10-2-1-3-13-4-6-14(7-5-13)16-15(19)17-8-11-20-12-9-17/h4-7,18H,2,8-12H2,(H,16,19). The molecule has 0 atom stereocenters. The first kappa shape index (κ1) is 14.4. The van der Waals surface area contributed by atoms with Crippen LogP contribution >= 0.6 is 0 Å². The first-order valence-electron chi connectivity index (χ1n) is 6.63. The molecule has 1 aliphatic rings. The van der Waals surface area contributed by atoms with Gasteiger partial charge in [-0.2, -0.15) is 0 Å². The molecular weight excluding hydrogens is 256 g/mol. The van der Waals surface area contributed by atoms with Gasteiger partial charge in [0.2, 0.25) is 0 Å². The van der Waals surface area contributed by atoms with E-state index in [1.807, 2.05) is 24.3 Å². The van der Waals surface area contributed by atoms with Crippen molar-refractivity contribution < 1.29 is 14.6 Å². The van der Waals surface area contributed by atoms with Crippen LogP contribution in [0.3, 0.4) is 0 Å². The smallest absolute Gasteiger partial charge is 0.321 e. The number of nitrogens with zero attached hydrogens (tertiary/aromatic N) is 1. The van der Waals surface area contributed by atoms with Crippen LogP contribution in [-0.4, -0.2) is 48.9 Å². The summed E-state index contributed by atoms with van der Waals surface area (Å²) in [4.78, 5) is 13.7. The summed E-state index contributed by atoms with van der Waals surface area (Å²) < 4.78 is 5.21. The zero-order valence-corrected chi connectivity index (χ0v) is 11.3. The van der Waals surface area contributed by atoms with Crippen molar-refractivity contribution in [3.63, 3.8) is 0 Å². The van der Waals surface area contributed by atoms with Crippen LogP contribution in [0, 0.1) is 11.8 Å². The molecule has 1 aromatic carbocycles. The van der Waals surface area contributed by atoms with Crippen molar-refractivity contribution in [1.82, 2.24) is 4.90 Å². The van der Waals surface area contributed by atoms with Crippen molar-refractivity contribution in [2.45, 2.75) is 6.42 Å². The van der Waals surface area contributed by atoms with Crippen molar-refractivity contribution in [2.24, 2.45) is 0 Å². The predicted molar refractivity (Wildman–Crippen MR) is 76.4 cm³/mol. The van der Waals surface area contributed by atoms with Crippen LogP contribution in [0.2, 0.25) is 0 Å². The van der Waals surface area contributed by atoms with E-state index in [1.165, 1.54) is 0 Å². The molecule has 0 unspecified atom stereocenters. The molecule has 2 N–H and O–H groups in total. The molecule has 0 aliphatic carbocycles. The lowest BCUT2D eigenvalue weighted by molar-refractivity contribution is 0.0564. The fourth-order valence-electron chi connectivity index (χ4n) is 1.83. The number of urea groups is 1. The zero-order chi connectivity index (χ0) is 14.2. The van der Waals surface area contributed by atoms with Crippen LogP contribution in [0.25, 0.3) is 0 Å². The maximum Gasteiger partial charge on any atom is 0.321 e. The van der Waals surface area contributed by atoms with E-state index in [1.54, 1.807) is 4.90 Å². The third kappa shape index (κ3) is 4.26. The van der Waals surface area contributed by atoms with Crippen LogP contribution in [0.1, 0.15) is 12.0 Å². The number of rotatable bonds is 2. The summed E-state index contributed by atoms with van der Waals surface area (Å²) in [6, 6.07) is 7.23. The Morgan fingerprint density at radius 1 is 1.30 bits per heavy atom. The van der Waals surface area contributed by atoms with E-state index in [4.69, 9.17) is 9.84 Å². The van der Waals surface area contributed by atoms with Crippen molar-refractivity contribution in [3.8, 4) is 11.8 Å². The number of hydrogen-bond donors (Lipinski definition) is 2. The summed E-state index contributed by atoms with van der Waals surface area (Å²) in [5.74, 6) is 5.79. The van der Waals surface area contributed by atoms with E-state index in [0.717, 1.165) is 11.3 Å². The largest absolute Gasteiger partial charge is 0.395 e. The van der Waals surface area contributed by atoms with Crippen molar-refractivity contribution >= 4 is 11.7 Å². The average molecular weight is 274 g/mol. The highest BCUT2D eigenvalue weighted by molar-refractivity contribution is 5.89. The molecule has 5 nitrogen and oxygen atoms in total.